The number of aromatic nitrogens is 2. The van der Waals surface area contributed by atoms with Crippen LogP contribution in [0.3, 0.4) is 0 Å². The summed E-state index contributed by atoms with van der Waals surface area (Å²) in [5, 5.41) is 11.1. The van der Waals surface area contributed by atoms with Gasteiger partial charge >= 0.3 is 0 Å². The van der Waals surface area contributed by atoms with Gasteiger partial charge in [-0.3, -0.25) is 10.2 Å². The third-order valence-electron chi connectivity index (χ3n) is 4.46. The number of aromatic amines is 1. The number of carbonyl (C=O) groups is 1. The first-order chi connectivity index (χ1) is 13.2. The molecule has 0 saturated carbocycles. The van der Waals surface area contributed by atoms with Crippen LogP contribution in [0.5, 0.6) is 0 Å². The number of sulfonamides is 1. The number of halogens is 2. The van der Waals surface area contributed by atoms with E-state index < -0.39 is 38.5 Å². The van der Waals surface area contributed by atoms with E-state index in [0.717, 1.165) is 35.0 Å². The average Bonchev–Trinajstić information content (AvgIpc) is 2.61. The molecule has 1 fully saturated rings. The van der Waals surface area contributed by atoms with E-state index >= 15 is 0 Å². The Morgan fingerprint density at radius 1 is 1.25 bits per heavy atom. The maximum atomic E-state index is 13.9. The molecule has 1 saturated heterocycles. The van der Waals surface area contributed by atoms with Crippen LogP contribution >= 0.6 is 0 Å². The molecule has 150 valence electrons. The lowest BCUT2D eigenvalue weighted by Gasteiger charge is -2.33. The molecule has 0 radical (unpaired) electrons. The summed E-state index contributed by atoms with van der Waals surface area (Å²) in [6.45, 7) is 1.26. The predicted molar refractivity (Wildman–Crippen MR) is 97.4 cm³/mol. The fraction of sp³-hybridized carbons (Fsp3) is 0.353. The monoisotopic (exact) mass is 411 g/mol. The number of ketones is 1. The molecule has 28 heavy (non-hydrogen) atoms. The van der Waals surface area contributed by atoms with Gasteiger partial charge in [-0.2, -0.15) is 4.98 Å². The highest BCUT2D eigenvalue weighted by atomic mass is 32.2. The van der Waals surface area contributed by atoms with Crippen LogP contribution in [-0.4, -0.2) is 49.6 Å². The maximum Gasteiger partial charge on any atom is 0.234 e. The molecule has 11 heteroatoms. The normalized spacial score (nSPS) is 15.4. The summed E-state index contributed by atoms with van der Waals surface area (Å²) in [4.78, 5) is 19.0. The largest absolute Gasteiger partial charge is 0.331 e. The third kappa shape index (κ3) is 3.94. The molecule has 1 aromatic carbocycles. The van der Waals surface area contributed by atoms with Crippen LogP contribution in [0.2, 0.25) is 0 Å². The first-order valence-corrected chi connectivity index (χ1v) is 10.4. The Hall–Kier alpha value is -2.66. The number of anilines is 1. The van der Waals surface area contributed by atoms with Gasteiger partial charge in [0.2, 0.25) is 21.8 Å². The van der Waals surface area contributed by atoms with Gasteiger partial charge < -0.3 is 10.3 Å². The van der Waals surface area contributed by atoms with Crippen LogP contribution in [0.15, 0.2) is 24.4 Å². The van der Waals surface area contributed by atoms with Gasteiger partial charge in [0.1, 0.15) is 11.6 Å². The first-order valence-electron chi connectivity index (χ1n) is 8.53. The molecule has 1 aliphatic rings. The number of nitrogens with one attached hydrogen (secondary N) is 3. The van der Waals surface area contributed by atoms with E-state index in [4.69, 9.17) is 5.41 Å². The summed E-state index contributed by atoms with van der Waals surface area (Å²) in [5.74, 6) is -3.28. The lowest BCUT2D eigenvalue weighted by molar-refractivity contribution is 0.102. The van der Waals surface area contributed by atoms with Crippen molar-refractivity contribution in [3.63, 3.8) is 0 Å². The van der Waals surface area contributed by atoms with Gasteiger partial charge in [0.25, 0.3) is 0 Å². The zero-order valence-corrected chi connectivity index (χ0v) is 15.8. The van der Waals surface area contributed by atoms with Gasteiger partial charge in [0.05, 0.1) is 23.4 Å². The van der Waals surface area contributed by atoms with Crippen molar-refractivity contribution in [3.05, 3.63) is 52.6 Å². The maximum absolute atomic E-state index is 13.9. The number of hydrogen-bond acceptors (Lipinski definition) is 6. The fourth-order valence-corrected chi connectivity index (χ4v) is 4.34. The summed E-state index contributed by atoms with van der Waals surface area (Å²) in [7, 11) is -3.71. The molecule has 2 aromatic rings. The quantitative estimate of drug-likeness (QED) is 0.632. The summed E-state index contributed by atoms with van der Waals surface area (Å²) < 4.78 is 53.4. The number of rotatable bonds is 5. The van der Waals surface area contributed by atoms with E-state index in [1.54, 1.807) is 0 Å². The minimum atomic E-state index is -3.71. The van der Waals surface area contributed by atoms with Crippen molar-refractivity contribution in [3.8, 4) is 0 Å². The highest BCUT2D eigenvalue weighted by molar-refractivity contribution is 7.92. The van der Waals surface area contributed by atoms with E-state index in [-0.39, 0.29) is 17.6 Å². The van der Waals surface area contributed by atoms with Gasteiger partial charge in [0, 0.05) is 6.20 Å². The van der Waals surface area contributed by atoms with Crippen molar-refractivity contribution in [1.82, 2.24) is 15.3 Å². The number of carbonyl (C=O) groups excluding carboxylic acids is 1. The summed E-state index contributed by atoms with van der Waals surface area (Å²) in [5.41, 5.74) is -1.74. The Kier molecular flexibility index (Phi) is 5.57. The van der Waals surface area contributed by atoms with Gasteiger partial charge in [-0.05, 0) is 38.1 Å². The number of nitrogens with zero attached hydrogens (tertiary/aromatic N) is 2. The molecular formula is C17H19F2N5O3S. The first kappa shape index (κ1) is 20.1. The second-order valence-corrected chi connectivity index (χ2v) is 8.31. The molecule has 0 spiro atoms. The van der Waals surface area contributed by atoms with Crippen molar-refractivity contribution in [2.45, 2.75) is 18.9 Å². The second-order valence-electron chi connectivity index (χ2n) is 6.45. The van der Waals surface area contributed by atoms with Crippen molar-refractivity contribution in [2.24, 2.45) is 0 Å². The van der Waals surface area contributed by atoms with Crippen LogP contribution in [0.1, 0.15) is 28.8 Å². The van der Waals surface area contributed by atoms with E-state index in [9.17, 15) is 22.0 Å². The van der Waals surface area contributed by atoms with Crippen molar-refractivity contribution in [1.29, 1.82) is 5.41 Å². The average molecular weight is 411 g/mol. The topological polar surface area (TPSA) is 119 Å². The number of piperidine rings is 1. The highest BCUT2D eigenvalue weighted by Crippen LogP contribution is 2.21. The van der Waals surface area contributed by atoms with Gasteiger partial charge in [-0.15, -0.1) is 0 Å². The molecule has 3 N–H and O–H groups in total. The highest BCUT2D eigenvalue weighted by Gasteiger charge is 2.30. The number of hydrogen-bond donors (Lipinski definition) is 3. The van der Waals surface area contributed by atoms with Crippen LogP contribution in [0.4, 0.5) is 14.7 Å². The third-order valence-corrected chi connectivity index (χ3v) is 5.64. The van der Waals surface area contributed by atoms with Crippen LogP contribution < -0.4 is 15.1 Å². The Balaban J connectivity index is 2.01. The minimum absolute atomic E-state index is 0.120. The Morgan fingerprint density at radius 3 is 2.39 bits per heavy atom. The zero-order chi connectivity index (χ0) is 20.5. The predicted octanol–water partition coefficient (Wildman–Crippen LogP) is 0.916. The molecule has 0 bridgehead atoms. The van der Waals surface area contributed by atoms with E-state index in [2.05, 4.69) is 15.3 Å². The van der Waals surface area contributed by atoms with E-state index in [1.807, 2.05) is 0 Å². The molecule has 0 aliphatic carbocycles. The van der Waals surface area contributed by atoms with Gasteiger partial charge in [-0.1, -0.05) is 6.07 Å². The van der Waals surface area contributed by atoms with Gasteiger partial charge in [-0.25, -0.2) is 21.5 Å². The molecule has 1 aliphatic heterocycles. The minimum Gasteiger partial charge on any atom is -0.331 e. The smallest absolute Gasteiger partial charge is 0.234 e. The molecule has 0 amide bonds. The summed E-state index contributed by atoms with van der Waals surface area (Å²) >= 11 is 0. The Labute approximate surface area is 160 Å². The van der Waals surface area contributed by atoms with Crippen molar-refractivity contribution in [2.75, 3.05) is 23.7 Å². The standard InChI is InChI=1S/C17H19F2N5O3S/c1-28(26,27)24(10-5-7-21-8-6-10)17-22-9-11(16(20)23-17)15(25)14-12(18)3-2-4-13(14)19/h2-4,9-10,21H,5-8H2,1H3,(H2,20,22,23). The van der Waals surface area contributed by atoms with Gasteiger partial charge in [0.15, 0.2) is 5.49 Å². The lowest BCUT2D eigenvalue weighted by atomic mass is 10.0. The van der Waals surface area contributed by atoms with E-state index in [1.165, 1.54) is 0 Å². The van der Waals surface area contributed by atoms with Crippen molar-refractivity contribution < 1.29 is 22.0 Å². The van der Waals surface area contributed by atoms with Crippen LogP contribution in [0.25, 0.3) is 0 Å². The number of benzene rings is 1. The molecular weight excluding hydrogens is 392 g/mol. The molecule has 3 rings (SSSR count). The SMILES string of the molecule is CS(=O)(=O)N(c1nc(=N)c(C(=O)c2c(F)cccc2F)c[nH]1)C1CCNCC1. The lowest BCUT2D eigenvalue weighted by Crippen LogP contribution is -2.47. The molecule has 2 heterocycles. The zero-order valence-electron chi connectivity index (χ0n) is 15.0. The number of H-pyrrole nitrogens is 1. The van der Waals surface area contributed by atoms with Crippen LogP contribution in [-0.2, 0) is 10.0 Å². The van der Waals surface area contributed by atoms with E-state index in [0.29, 0.717) is 25.9 Å². The van der Waals surface area contributed by atoms with Crippen LogP contribution in [0, 0.1) is 17.0 Å². The Morgan fingerprint density at radius 2 is 1.86 bits per heavy atom. The summed E-state index contributed by atoms with van der Waals surface area (Å²) in [6.07, 6.45) is 3.19. The molecule has 8 nitrogen and oxygen atoms in total. The molecule has 1 aromatic heterocycles. The fourth-order valence-electron chi connectivity index (χ4n) is 3.18. The van der Waals surface area contributed by atoms with Crippen molar-refractivity contribution >= 4 is 21.8 Å². The Bertz CT molecular complexity index is 1040. The summed E-state index contributed by atoms with van der Waals surface area (Å²) in [6, 6.07) is 2.64. The second kappa shape index (κ2) is 7.76. The molecule has 0 atom stereocenters. The molecule has 0 unspecified atom stereocenters.